The summed E-state index contributed by atoms with van der Waals surface area (Å²) < 4.78 is 43.2. The predicted molar refractivity (Wildman–Crippen MR) is 103 cm³/mol. The zero-order valence-electron chi connectivity index (χ0n) is 14.5. The maximum atomic E-state index is 13.6. The van der Waals surface area contributed by atoms with Crippen LogP contribution in [0.3, 0.4) is 0 Å². The molecule has 0 aliphatic rings. The molecule has 0 fully saturated rings. The number of nitrogens with zero attached hydrogens (tertiary/aromatic N) is 3. The average Bonchev–Trinajstić information content (AvgIpc) is 2.66. The Morgan fingerprint density at radius 3 is 2.50 bits per heavy atom. The maximum absolute atomic E-state index is 13.6. The SMILES string of the molecule is Cc1ccc(S(=O)(=O)N/N=C/c2ccc(Oc3nc(Cl)ncc3F)cc2)cc1. The number of ether oxygens (including phenoxy) is 1. The summed E-state index contributed by atoms with van der Waals surface area (Å²) in [5, 5.41) is 3.61. The number of hydrogen-bond acceptors (Lipinski definition) is 6. The van der Waals surface area contributed by atoms with Crippen molar-refractivity contribution < 1.29 is 17.5 Å². The van der Waals surface area contributed by atoms with Crippen molar-refractivity contribution in [3.63, 3.8) is 0 Å². The van der Waals surface area contributed by atoms with Gasteiger partial charge in [0.15, 0.2) is 0 Å². The van der Waals surface area contributed by atoms with Crippen LogP contribution in [0.25, 0.3) is 0 Å². The molecule has 0 saturated carbocycles. The van der Waals surface area contributed by atoms with Crippen molar-refractivity contribution in [2.75, 3.05) is 0 Å². The third-order valence-electron chi connectivity index (χ3n) is 3.49. The third-order valence-corrected chi connectivity index (χ3v) is 4.92. The number of hydrogen-bond donors (Lipinski definition) is 1. The fourth-order valence-corrected chi connectivity index (χ4v) is 2.99. The highest BCUT2D eigenvalue weighted by atomic mass is 35.5. The van der Waals surface area contributed by atoms with E-state index in [-0.39, 0.29) is 16.1 Å². The normalized spacial score (nSPS) is 11.5. The maximum Gasteiger partial charge on any atom is 0.276 e. The molecule has 0 saturated heterocycles. The van der Waals surface area contributed by atoms with Gasteiger partial charge in [0, 0.05) is 0 Å². The molecule has 2 aromatic carbocycles. The van der Waals surface area contributed by atoms with Crippen LogP contribution in [0.1, 0.15) is 11.1 Å². The molecular weight excluding hydrogens is 407 g/mol. The van der Waals surface area contributed by atoms with Crippen LogP contribution in [-0.4, -0.2) is 24.6 Å². The summed E-state index contributed by atoms with van der Waals surface area (Å²) in [6.07, 6.45) is 2.24. The van der Waals surface area contributed by atoms with E-state index in [1.54, 1.807) is 36.4 Å². The van der Waals surface area contributed by atoms with Crippen molar-refractivity contribution in [3.8, 4) is 11.6 Å². The van der Waals surface area contributed by atoms with Crippen LogP contribution in [0, 0.1) is 12.7 Å². The largest absolute Gasteiger partial charge is 0.436 e. The number of benzene rings is 2. The van der Waals surface area contributed by atoms with E-state index >= 15 is 0 Å². The van der Waals surface area contributed by atoms with Crippen LogP contribution in [0.4, 0.5) is 4.39 Å². The number of rotatable bonds is 6. The second-order valence-electron chi connectivity index (χ2n) is 5.63. The molecule has 0 radical (unpaired) electrons. The molecule has 0 atom stereocenters. The van der Waals surface area contributed by atoms with Gasteiger partial charge in [0.05, 0.1) is 17.3 Å². The first-order valence-electron chi connectivity index (χ1n) is 7.91. The summed E-state index contributed by atoms with van der Waals surface area (Å²) in [6, 6.07) is 12.7. The van der Waals surface area contributed by atoms with E-state index < -0.39 is 15.8 Å². The van der Waals surface area contributed by atoms with Crippen molar-refractivity contribution in [2.24, 2.45) is 5.10 Å². The minimum atomic E-state index is -3.75. The lowest BCUT2D eigenvalue weighted by Gasteiger charge is -2.06. The predicted octanol–water partition coefficient (Wildman–Crippen LogP) is 3.68. The first kappa shape index (κ1) is 19.7. The second-order valence-corrected chi connectivity index (χ2v) is 7.63. The fraction of sp³-hybridized carbons (Fsp3) is 0.0556. The monoisotopic (exact) mass is 420 g/mol. The third kappa shape index (κ3) is 5.02. The molecule has 3 rings (SSSR count). The number of sulfonamides is 1. The van der Waals surface area contributed by atoms with Crippen LogP contribution < -0.4 is 9.57 Å². The van der Waals surface area contributed by atoms with Gasteiger partial charge in [-0.1, -0.05) is 17.7 Å². The summed E-state index contributed by atoms with van der Waals surface area (Å²) in [6.45, 7) is 1.86. The van der Waals surface area contributed by atoms with Gasteiger partial charge in [-0.2, -0.15) is 22.9 Å². The topological polar surface area (TPSA) is 93.5 Å². The molecule has 28 heavy (non-hydrogen) atoms. The van der Waals surface area contributed by atoms with Crippen LogP contribution in [-0.2, 0) is 10.0 Å². The van der Waals surface area contributed by atoms with Gasteiger partial charge in [0.2, 0.25) is 11.1 Å². The summed E-state index contributed by atoms with van der Waals surface area (Å²) in [5.41, 5.74) is 1.55. The zero-order chi connectivity index (χ0) is 20.1. The van der Waals surface area contributed by atoms with Crippen molar-refractivity contribution in [1.82, 2.24) is 14.8 Å². The lowest BCUT2D eigenvalue weighted by molar-refractivity contribution is 0.420. The van der Waals surface area contributed by atoms with E-state index in [1.165, 1.54) is 18.3 Å². The Balaban J connectivity index is 1.65. The average molecular weight is 421 g/mol. The molecule has 10 heteroatoms. The molecule has 144 valence electrons. The summed E-state index contributed by atoms with van der Waals surface area (Å²) in [7, 11) is -3.75. The molecule has 0 bridgehead atoms. The van der Waals surface area contributed by atoms with Crippen molar-refractivity contribution in [1.29, 1.82) is 0 Å². The highest BCUT2D eigenvalue weighted by Crippen LogP contribution is 2.23. The molecule has 0 aliphatic carbocycles. The summed E-state index contributed by atoms with van der Waals surface area (Å²) in [5.74, 6) is -0.737. The fourth-order valence-electron chi connectivity index (χ4n) is 2.08. The molecule has 1 aromatic heterocycles. The Morgan fingerprint density at radius 2 is 1.82 bits per heavy atom. The van der Waals surface area contributed by atoms with Gasteiger partial charge in [0.1, 0.15) is 5.75 Å². The van der Waals surface area contributed by atoms with E-state index in [0.29, 0.717) is 11.3 Å². The Bertz CT molecular complexity index is 1100. The Kier molecular flexibility index (Phi) is 5.86. The van der Waals surface area contributed by atoms with E-state index in [0.717, 1.165) is 11.8 Å². The van der Waals surface area contributed by atoms with Gasteiger partial charge in [-0.3, -0.25) is 0 Å². The van der Waals surface area contributed by atoms with Crippen molar-refractivity contribution >= 4 is 27.8 Å². The van der Waals surface area contributed by atoms with Crippen molar-refractivity contribution in [3.05, 3.63) is 77.0 Å². The number of nitrogens with one attached hydrogen (secondary N) is 1. The lowest BCUT2D eigenvalue weighted by Crippen LogP contribution is -2.18. The smallest absolute Gasteiger partial charge is 0.276 e. The molecule has 1 N–H and O–H groups in total. The Morgan fingerprint density at radius 1 is 1.14 bits per heavy atom. The van der Waals surface area contributed by atoms with Gasteiger partial charge >= 0.3 is 0 Å². The quantitative estimate of drug-likeness (QED) is 0.373. The highest BCUT2D eigenvalue weighted by Gasteiger charge is 2.12. The molecule has 3 aromatic rings. The number of halogens is 2. The van der Waals surface area contributed by atoms with Gasteiger partial charge in [-0.25, -0.2) is 9.82 Å². The number of aromatic nitrogens is 2. The van der Waals surface area contributed by atoms with E-state index in [9.17, 15) is 12.8 Å². The second kappa shape index (κ2) is 8.32. The summed E-state index contributed by atoms with van der Waals surface area (Å²) in [4.78, 5) is 9.41. The number of hydrazone groups is 1. The first-order valence-corrected chi connectivity index (χ1v) is 9.77. The molecule has 0 amide bonds. The molecule has 7 nitrogen and oxygen atoms in total. The van der Waals surface area contributed by atoms with E-state index in [2.05, 4.69) is 19.9 Å². The zero-order valence-corrected chi connectivity index (χ0v) is 16.1. The Labute approximate surface area is 165 Å². The molecule has 0 unspecified atom stereocenters. The van der Waals surface area contributed by atoms with E-state index in [4.69, 9.17) is 16.3 Å². The van der Waals surface area contributed by atoms with Crippen molar-refractivity contribution in [2.45, 2.75) is 11.8 Å². The van der Waals surface area contributed by atoms with Crippen LogP contribution in [0.5, 0.6) is 11.6 Å². The van der Waals surface area contributed by atoms with Crippen LogP contribution >= 0.6 is 11.6 Å². The van der Waals surface area contributed by atoms with Gasteiger partial charge in [0.25, 0.3) is 15.9 Å². The minimum absolute atomic E-state index is 0.115. The van der Waals surface area contributed by atoms with Gasteiger partial charge in [-0.15, -0.1) is 0 Å². The van der Waals surface area contributed by atoms with Gasteiger partial charge < -0.3 is 4.74 Å². The standard InChI is InChI=1S/C18H14ClFN4O3S/c1-12-2-8-15(9-3-12)28(25,26)24-22-10-13-4-6-14(7-5-13)27-17-16(20)11-21-18(19)23-17/h2-11,24H,1H3/b22-10+. The molecule has 0 aliphatic heterocycles. The first-order chi connectivity index (χ1) is 13.3. The van der Waals surface area contributed by atoms with Crippen LogP contribution in [0.2, 0.25) is 5.28 Å². The summed E-state index contributed by atoms with van der Waals surface area (Å²) >= 11 is 5.61. The molecule has 1 heterocycles. The molecular formula is C18H14ClFN4O3S. The highest BCUT2D eigenvalue weighted by molar-refractivity contribution is 7.89. The van der Waals surface area contributed by atoms with Crippen LogP contribution in [0.15, 0.2) is 64.7 Å². The minimum Gasteiger partial charge on any atom is -0.436 e. The lowest BCUT2D eigenvalue weighted by atomic mass is 10.2. The van der Waals surface area contributed by atoms with E-state index in [1.807, 2.05) is 6.92 Å². The number of aryl methyl sites for hydroxylation is 1. The van der Waals surface area contributed by atoms with Gasteiger partial charge in [-0.05, 0) is 60.5 Å². The Hall–Kier alpha value is -3.04. The molecule has 0 spiro atoms.